The number of anilines is 1. The van der Waals surface area contributed by atoms with Crippen LogP contribution in [0.5, 0.6) is 11.5 Å². The van der Waals surface area contributed by atoms with Crippen LogP contribution in [0.4, 0.5) is 5.69 Å². The molecule has 0 aliphatic heterocycles. The average Bonchev–Trinajstić information content (AvgIpc) is 2.68. The highest BCUT2D eigenvalue weighted by Crippen LogP contribution is 2.37. The molecule has 1 amide bonds. The molecule has 1 N–H and O–H groups in total. The number of hydrogen-bond donors (Lipinski definition) is 1. The number of hydrogen-bond acceptors (Lipinski definition) is 4. The first-order valence-corrected chi connectivity index (χ1v) is 8.72. The highest BCUT2D eigenvalue weighted by atomic mass is 35.5. The Hall–Kier alpha value is -3.41. The Balaban J connectivity index is 2.34. The summed E-state index contributed by atoms with van der Waals surface area (Å²) in [7, 11) is 1.46. The van der Waals surface area contributed by atoms with Gasteiger partial charge in [-0.2, -0.15) is 5.26 Å². The molecule has 0 fully saturated rings. The van der Waals surface area contributed by atoms with Crippen LogP contribution in [0.3, 0.4) is 0 Å². The molecule has 0 saturated heterocycles. The molecular formula is C22H19ClN2O3. The fourth-order valence-corrected chi connectivity index (χ4v) is 2.74. The summed E-state index contributed by atoms with van der Waals surface area (Å²) in [5, 5.41) is 12.5. The van der Waals surface area contributed by atoms with E-state index in [1.165, 1.54) is 13.2 Å². The average molecular weight is 395 g/mol. The zero-order valence-electron chi connectivity index (χ0n) is 15.8. The zero-order chi connectivity index (χ0) is 20.7. The lowest BCUT2D eigenvalue weighted by Crippen LogP contribution is -2.14. The Morgan fingerprint density at radius 2 is 2.11 bits per heavy atom. The molecule has 0 heterocycles. The van der Waals surface area contributed by atoms with E-state index in [2.05, 4.69) is 11.2 Å². The number of carbonyl (C=O) groups excluding carboxylic acids is 1. The Morgan fingerprint density at radius 1 is 1.36 bits per heavy atom. The Labute approximate surface area is 169 Å². The van der Waals surface area contributed by atoms with Crippen LogP contribution in [-0.4, -0.2) is 19.6 Å². The van der Waals surface area contributed by atoms with E-state index >= 15 is 0 Å². The van der Waals surface area contributed by atoms with Crippen LogP contribution in [-0.2, 0) is 4.79 Å². The predicted octanol–water partition coefficient (Wildman–Crippen LogP) is 4.52. The number of rotatable bonds is 6. The Morgan fingerprint density at radius 3 is 2.75 bits per heavy atom. The topological polar surface area (TPSA) is 71.3 Å². The molecule has 0 spiro atoms. The maximum atomic E-state index is 12.5. The van der Waals surface area contributed by atoms with E-state index in [4.69, 9.17) is 27.5 Å². The van der Waals surface area contributed by atoms with Crippen LogP contribution in [0.25, 0.3) is 6.08 Å². The molecule has 142 valence electrons. The third kappa shape index (κ3) is 4.85. The van der Waals surface area contributed by atoms with Crippen molar-refractivity contribution in [1.82, 2.24) is 0 Å². The third-order valence-corrected chi connectivity index (χ3v) is 4.36. The number of aryl methyl sites for hydroxylation is 1. The molecule has 6 heteroatoms. The van der Waals surface area contributed by atoms with Gasteiger partial charge in [0.25, 0.3) is 5.91 Å². The lowest BCUT2D eigenvalue weighted by atomic mass is 10.1. The number of terminal acetylenes is 1. The number of nitriles is 1. The van der Waals surface area contributed by atoms with Gasteiger partial charge in [-0.3, -0.25) is 4.79 Å². The van der Waals surface area contributed by atoms with Gasteiger partial charge in [-0.25, -0.2) is 0 Å². The number of benzene rings is 2. The molecular weight excluding hydrogens is 376 g/mol. The standard InChI is InChI=1S/C22H19ClN2O3/c1-5-9-28-21-18(23)11-16(12-20(21)27-4)10-17(13-24)22(26)25-19-8-6-7-14(2)15(19)3/h1,6-8,10-12H,9H2,2-4H3,(H,25,26)/b17-10+. The summed E-state index contributed by atoms with van der Waals surface area (Å²) in [6.07, 6.45) is 6.63. The summed E-state index contributed by atoms with van der Waals surface area (Å²) in [5.74, 6) is 2.49. The third-order valence-electron chi connectivity index (χ3n) is 4.08. The highest BCUT2D eigenvalue weighted by Gasteiger charge is 2.15. The fraction of sp³-hybridized carbons (Fsp3) is 0.182. The summed E-state index contributed by atoms with van der Waals surface area (Å²) in [6, 6.07) is 10.7. The molecule has 0 aliphatic rings. The van der Waals surface area contributed by atoms with Crippen molar-refractivity contribution in [2.75, 3.05) is 19.0 Å². The maximum Gasteiger partial charge on any atom is 0.266 e. The lowest BCUT2D eigenvalue weighted by molar-refractivity contribution is -0.112. The SMILES string of the molecule is C#CCOc1c(Cl)cc(/C=C(\C#N)C(=O)Nc2cccc(C)c2C)cc1OC. The van der Waals surface area contributed by atoms with Crippen molar-refractivity contribution in [3.8, 4) is 29.9 Å². The molecule has 0 bridgehead atoms. The van der Waals surface area contributed by atoms with Crippen LogP contribution in [0, 0.1) is 37.5 Å². The summed E-state index contributed by atoms with van der Waals surface area (Å²) < 4.78 is 10.7. The van der Waals surface area contributed by atoms with Crippen molar-refractivity contribution < 1.29 is 14.3 Å². The molecule has 2 aromatic rings. The van der Waals surface area contributed by atoms with Gasteiger partial charge in [0.15, 0.2) is 11.5 Å². The predicted molar refractivity (Wildman–Crippen MR) is 110 cm³/mol. The van der Waals surface area contributed by atoms with Crippen molar-refractivity contribution >= 4 is 29.3 Å². The summed E-state index contributed by atoms with van der Waals surface area (Å²) in [5.41, 5.74) is 3.07. The van der Waals surface area contributed by atoms with E-state index in [-0.39, 0.29) is 17.2 Å². The second-order valence-corrected chi connectivity index (χ2v) is 6.31. The number of carbonyl (C=O) groups is 1. The van der Waals surface area contributed by atoms with Crippen LogP contribution in [0.2, 0.25) is 5.02 Å². The molecule has 28 heavy (non-hydrogen) atoms. The minimum absolute atomic E-state index is 0.0347. The lowest BCUT2D eigenvalue weighted by Gasteiger charge is -2.12. The van der Waals surface area contributed by atoms with Crippen molar-refractivity contribution in [1.29, 1.82) is 5.26 Å². The molecule has 0 radical (unpaired) electrons. The van der Waals surface area contributed by atoms with Gasteiger partial charge < -0.3 is 14.8 Å². The van der Waals surface area contributed by atoms with Gasteiger partial charge in [-0.05, 0) is 54.8 Å². The van der Waals surface area contributed by atoms with Crippen LogP contribution < -0.4 is 14.8 Å². The first kappa shape index (κ1) is 20.9. The van der Waals surface area contributed by atoms with Crippen molar-refractivity contribution in [2.45, 2.75) is 13.8 Å². The van der Waals surface area contributed by atoms with E-state index in [0.29, 0.717) is 22.7 Å². The first-order valence-electron chi connectivity index (χ1n) is 8.34. The molecule has 0 saturated carbocycles. The number of ether oxygens (including phenoxy) is 2. The number of nitrogens with one attached hydrogen (secondary N) is 1. The van der Waals surface area contributed by atoms with Crippen molar-refractivity contribution in [2.24, 2.45) is 0 Å². The second kappa shape index (κ2) is 9.50. The zero-order valence-corrected chi connectivity index (χ0v) is 16.6. The van der Waals surface area contributed by atoms with E-state index < -0.39 is 5.91 Å². The molecule has 0 aromatic heterocycles. The summed E-state index contributed by atoms with van der Waals surface area (Å²) in [4.78, 5) is 12.5. The smallest absolute Gasteiger partial charge is 0.266 e. The van der Waals surface area contributed by atoms with Crippen LogP contribution in [0.1, 0.15) is 16.7 Å². The summed E-state index contributed by atoms with van der Waals surface area (Å²) in [6.45, 7) is 3.89. The molecule has 0 aliphatic carbocycles. The van der Waals surface area contributed by atoms with Gasteiger partial charge in [-0.15, -0.1) is 6.42 Å². The number of halogens is 1. The Bertz CT molecular complexity index is 1010. The van der Waals surface area contributed by atoms with Gasteiger partial charge in [0.05, 0.1) is 12.1 Å². The van der Waals surface area contributed by atoms with E-state index in [1.54, 1.807) is 18.2 Å². The number of amides is 1. The van der Waals surface area contributed by atoms with Crippen molar-refractivity contribution in [3.05, 3.63) is 57.6 Å². The second-order valence-electron chi connectivity index (χ2n) is 5.90. The van der Waals surface area contributed by atoms with E-state index in [9.17, 15) is 10.1 Å². The minimum Gasteiger partial charge on any atom is -0.493 e. The van der Waals surface area contributed by atoms with Crippen LogP contribution >= 0.6 is 11.6 Å². The number of nitrogens with zero attached hydrogens (tertiary/aromatic N) is 1. The maximum absolute atomic E-state index is 12.5. The quantitative estimate of drug-likeness (QED) is 0.444. The molecule has 0 atom stereocenters. The minimum atomic E-state index is -0.515. The molecule has 5 nitrogen and oxygen atoms in total. The molecule has 2 aromatic carbocycles. The van der Waals surface area contributed by atoms with Crippen LogP contribution in [0.15, 0.2) is 35.9 Å². The fourth-order valence-electron chi connectivity index (χ4n) is 2.47. The Kier molecular flexibility index (Phi) is 7.09. The van der Waals surface area contributed by atoms with Gasteiger partial charge in [0.1, 0.15) is 18.2 Å². The van der Waals surface area contributed by atoms with Gasteiger partial charge in [0.2, 0.25) is 0 Å². The molecule has 2 rings (SSSR count). The van der Waals surface area contributed by atoms with E-state index in [0.717, 1.165) is 11.1 Å². The largest absolute Gasteiger partial charge is 0.493 e. The highest BCUT2D eigenvalue weighted by molar-refractivity contribution is 6.32. The number of methoxy groups -OCH3 is 1. The summed E-state index contributed by atoms with van der Waals surface area (Å²) >= 11 is 6.24. The first-order chi connectivity index (χ1) is 13.4. The van der Waals surface area contributed by atoms with Crippen molar-refractivity contribution in [3.63, 3.8) is 0 Å². The normalized spacial score (nSPS) is 10.6. The van der Waals surface area contributed by atoms with E-state index in [1.807, 2.05) is 32.0 Å². The monoisotopic (exact) mass is 394 g/mol. The van der Waals surface area contributed by atoms with Gasteiger partial charge >= 0.3 is 0 Å². The van der Waals surface area contributed by atoms with Gasteiger partial charge in [0, 0.05) is 5.69 Å². The molecule has 0 unspecified atom stereocenters. The van der Waals surface area contributed by atoms with Gasteiger partial charge in [-0.1, -0.05) is 29.7 Å².